The molecule has 0 saturated carbocycles. The Morgan fingerprint density at radius 2 is 1.48 bits per heavy atom. The molecule has 0 radical (unpaired) electrons. The van der Waals surface area contributed by atoms with Crippen LogP contribution in [0.25, 0.3) is 0 Å². The molecule has 154 valence electrons. The summed E-state index contributed by atoms with van der Waals surface area (Å²) in [5, 5.41) is 31.6. The van der Waals surface area contributed by atoms with Crippen molar-refractivity contribution >= 4 is 29.4 Å². The summed E-state index contributed by atoms with van der Waals surface area (Å²) in [7, 11) is 0. The van der Waals surface area contributed by atoms with Crippen molar-refractivity contribution < 1.29 is 39.2 Å². The molecule has 0 saturated heterocycles. The van der Waals surface area contributed by atoms with Crippen molar-refractivity contribution in [1.29, 1.82) is 0 Å². The van der Waals surface area contributed by atoms with Crippen LogP contribution in [0.15, 0.2) is 60.7 Å². The van der Waals surface area contributed by atoms with Gasteiger partial charge in [0.2, 0.25) is 0 Å². The Balaban J connectivity index is 1.64. The molecule has 0 bridgehead atoms. The van der Waals surface area contributed by atoms with Gasteiger partial charge < -0.3 is 24.9 Å². The highest BCUT2D eigenvalue weighted by Crippen LogP contribution is 2.33. The van der Waals surface area contributed by atoms with Gasteiger partial charge in [0.25, 0.3) is 11.8 Å². The molecule has 31 heavy (non-hydrogen) atoms. The highest BCUT2D eigenvalue weighted by Gasteiger charge is 2.37. The molecular weight excluding hydrogens is 406 g/mol. The van der Waals surface area contributed by atoms with Crippen LogP contribution >= 0.6 is 0 Å². The van der Waals surface area contributed by atoms with Gasteiger partial charge in [0.1, 0.15) is 11.5 Å². The zero-order chi connectivity index (χ0) is 22.3. The number of rotatable bonds is 5. The molecule has 3 aromatic carbocycles. The third kappa shape index (κ3) is 3.44. The van der Waals surface area contributed by atoms with E-state index < -0.39 is 35.1 Å². The first-order valence-corrected chi connectivity index (χ1v) is 8.82. The molecule has 9 heteroatoms. The summed E-state index contributed by atoms with van der Waals surface area (Å²) in [5.41, 5.74) is -0.492. The van der Waals surface area contributed by atoms with E-state index in [9.17, 15) is 29.4 Å². The molecule has 4 rings (SSSR count). The van der Waals surface area contributed by atoms with Crippen LogP contribution in [0.1, 0.15) is 41.4 Å². The van der Waals surface area contributed by atoms with Crippen LogP contribution in [0.2, 0.25) is 0 Å². The predicted molar refractivity (Wildman–Crippen MR) is 101 cm³/mol. The molecule has 1 N–H and O–H groups in total. The van der Waals surface area contributed by atoms with Crippen molar-refractivity contribution in [3.63, 3.8) is 0 Å². The first kappa shape index (κ1) is 19.6. The van der Waals surface area contributed by atoms with Crippen LogP contribution in [-0.4, -0.2) is 28.9 Å². The Morgan fingerprint density at radius 1 is 0.839 bits per heavy atom. The van der Waals surface area contributed by atoms with Crippen molar-refractivity contribution in [3.05, 3.63) is 82.9 Å². The smallest absolute Gasteiger partial charge is 0.335 e. The SMILES string of the molecule is O=C([O-])c1ccc(Oc2ccc3c(c2)C(=O)N(c2ccc([O-])c(C(=O)O)c2)C3=O)cc1. The van der Waals surface area contributed by atoms with Gasteiger partial charge in [-0.15, -0.1) is 0 Å². The van der Waals surface area contributed by atoms with E-state index in [1.807, 2.05) is 0 Å². The quantitative estimate of drug-likeness (QED) is 0.613. The topological polar surface area (TPSA) is 147 Å². The average molecular weight is 417 g/mol. The number of ether oxygens (including phenoxy) is 1. The number of carbonyl (C=O) groups excluding carboxylic acids is 3. The summed E-state index contributed by atoms with van der Waals surface area (Å²) in [6.45, 7) is 0. The van der Waals surface area contributed by atoms with Gasteiger partial charge in [-0.05, 0) is 60.2 Å². The molecule has 1 aliphatic heterocycles. The molecule has 0 atom stereocenters. The first-order valence-electron chi connectivity index (χ1n) is 8.82. The summed E-state index contributed by atoms with van der Waals surface area (Å²) in [4.78, 5) is 48.4. The van der Waals surface area contributed by atoms with Crippen molar-refractivity contribution in [3.8, 4) is 17.2 Å². The van der Waals surface area contributed by atoms with Crippen LogP contribution in [0, 0.1) is 0 Å². The Hall–Kier alpha value is -4.66. The molecule has 0 fully saturated rings. The third-order valence-electron chi connectivity index (χ3n) is 4.64. The standard InChI is InChI=1S/C22H13NO8/c24-18-8-3-12(9-17(18)22(29)30)23-19(25)15-7-6-14(10-16(15)20(23)26)31-13-4-1-11(2-5-13)21(27)28/h1-10,24H,(H,27,28)(H,29,30)/p-2. The Kier molecular flexibility index (Phi) is 4.63. The second-order valence-corrected chi connectivity index (χ2v) is 6.55. The second-order valence-electron chi connectivity index (χ2n) is 6.55. The van der Waals surface area contributed by atoms with E-state index in [2.05, 4.69) is 0 Å². The monoisotopic (exact) mass is 417 g/mol. The number of carboxylic acid groups (broad SMARTS) is 2. The minimum absolute atomic E-state index is 0.0254. The van der Waals surface area contributed by atoms with Gasteiger partial charge in [-0.2, -0.15) is 0 Å². The zero-order valence-corrected chi connectivity index (χ0v) is 15.5. The number of imide groups is 1. The molecule has 2 amide bonds. The van der Waals surface area contributed by atoms with Gasteiger partial charge in [-0.25, -0.2) is 9.69 Å². The lowest BCUT2D eigenvalue weighted by Gasteiger charge is -2.17. The Morgan fingerprint density at radius 3 is 2.13 bits per heavy atom. The van der Waals surface area contributed by atoms with E-state index in [0.29, 0.717) is 5.75 Å². The summed E-state index contributed by atoms with van der Waals surface area (Å²) in [6.07, 6.45) is 0. The number of amides is 2. The normalized spacial score (nSPS) is 12.6. The minimum atomic E-state index is -1.47. The largest absolute Gasteiger partial charge is 0.872 e. The van der Waals surface area contributed by atoms with Gasteiger partial charge in [-0.1, -0.05) is 11.8 Å². The van der Waals surface area contributed by atoms with E-state index in [-0.39, 0.29) is 28.1 Å². The van der Waals surface area contributed by atoms with Crippen molar-refractivity contribution in [1.82, 2.24) is 0 Å². The molecule has 0 aromatic heterocycles. The number of nitrogens with zero attached hydrogens (tertiary/aromatic N) is 1. The van der Waals surface area contributed by atoms with Crippen LogP contribution in [0.4, 0.5) is 5.69 Å². The second kappa shape index (κ2) is 7.30. The highest BCUT2D eigenvalue weighted by atomic mass is 16.5. The van der Waals surface area contributed by atoms with Gasteiger partial charge in [0.15, 0.2) is 0 Å². The number of fused-ring (bicyclic) bond motifs is 1. The van der Waals surface area contributed by atoms with Gasteiger partial charge in [0, 0.05) is 0 Å². The van der Waals surface area contributed by atoms with E-state index in [1.165, 1.54) is 48.5 Å². The van der Waals surface area contributed by atoms with Gasteiger partial charge in [-0.3, -0.25) is 9.59 Å². The van der Waals surface area contributed by atoms with E-state index in [0.717, 1.165) is 17.0 Å². The third-order valence-corrected chi connectivity index (χ3v) is 4.64. The lowest BCUT2D eigenvalue weighted by Crippen LogP contribution is -2.29. The highest BCUT2D eigenvalue weighted by molar-refractivity contribution is 6.34. The van der Waals surface area contributed by atoms with Crippen LogP contribution in [-0.2, 0) is 0 Å². The van der Waals surface area contributed by atoms with Gasteiger partial charge >= 0.3 is 5.97 Å². The lowest BCUT2D eigenvalue weighted by atomic mass is 10.1. The maximum absolute atomic E-state index is 12.8. The first-order chi connectivity index (χ1) is 14.8. The van der Waals surface area contributed by atoms with Crippen molar-refractivity contribution in [2.24, 2.45) is 0 Å². The maximum atomic E-state index is 12.8. The number of anilines is 1. The fourth-order valence-corrected chi connectivity index (χ4v) is 3.14. The number of benzene rings is 3. The number of hydrogen-bond donors (Lipinski definition) is 1. The fourth-order valence-electron chi connectivity index (χ4n) is 3.14. The van der Waals surface area contributed by atoms with E-state index in [4.69, 9.17) is 9.84 Å². The number of aromatic carboxylic acids is 2. The molecular formula is C22H11NO8-2. The number of carboxylic acids is 2. The van der Waals surface area contributed by atoms with Gasteiger partial charge in [0.05, 0.1) is 28.3 Å². The molecule has 0 spiro atoms. The molecule has 1 heterocycles. The summed E-state index contributed by atoms with van der Waals surface area (Å²) in [5.74, 6) is -4.38. The fraction of sp³-hybridized carbons (Fsp3) is 0. The number of carbonyl (C=O) groups is 4. The molecule has 0 unspecified atom stereocenters. The Labute approximate surface area is 174 Å². The molecule has 0 aliphatic carbocycles. The van der Waals surface area contributed by atoms with E-state index >= 15 is 0 Å². The maximum Gasteiger partial charge on any atom is 0.335 e. The molecule has 9 nitrogen and oxygen atoms in total. The van der Waals surface area contributed by atoms with Crippen LogP contribution in [0.3, 0.4) is 0 Å². The Bertz CT molecular complexity index is 1260. The van der Waals surface area contributed by atoms with E-state index in [1.54, 1.807) is 0 Å². The summed E-state index contributed by atoms with van der Waals surface area (Å²) >= 11 is 0. The average Bonchev–Trinajstić information content (AvgIpc) is 2.98. The molecule has 1 aliphatic rings. The van der Waals surface area contributed by atoms with Crippen molar-refractivity contribution in [2.75, 3.05) is 4.90 Å². The van der Waals surface area contributed by atoms with Crippen LogP contribution < -0.4 is 19.8 Å². The summed E-state index contributed by atoms with van der Waals surface area (Å²) in [6, 6.07) is 12.8. The predicted octanol–water partition coefficient (Wildman–Crippen LogP) is 1.41. The lowest BCUT2D eigenvalue weighted by molar-refractivity contribution is -0.268. The molecule has 3 aromatic rings. The number of hydrogen-bond acceptors (Lipinski definition) is 7. The zero-order valence-electron chi connectivity index (χ0n) is 15.5. The minimum Gasteiger partial charge on any atom is -0.872 e. The van der Waals surface area contributed by atoms with Crippen molar-refractivity contribution in [2.45, 2.75) is 0 Å². The summed E-state index contributed by atoms with van der Waals surface area (Å²) < 4.78 is 5.61. The van der Waals surface area contributed by atoms with Crippen LogP contribution in [0.5, 0.6) is 17.2 Å².